The van der Waals surface area contributed by atoms with E-state index in [1.165, 1.54) is 18.3 Å². The molecule has 94 valence electrons. The Morgan fingerprint density at radius 2 is 2.17 bits per heavy atom. The van der Waals surface area contributed by atoms with Crippen molar-refractivity contribution >= 4 is 5.97 Å². The normalized spacial score (nSPS) is 10.6. The van der Waals surface area contributed by atoms with Gasteiger partial charge in [0.05, 0.1) is 6.61 Å². The SMILES string of the molecule is CCOC(=O)C(C#N)=CNCc1ccc(F)cc1. The van der Waals surface area contributed by atoms with E-state index >= 15 is 0 Å². The molecule has 1 aromatic carbocycles. The van der Waals surface area contributed by atoms with Gasteiger partial charge in [-0.25, -0.2) is 9.18 Å². The second-order valence-corrected chi connectivity index (χ2v) is 3.40. The van der Waals surface area contributed by atoms with E-state index in [0.29, 0.717) is 6.54 Å². The Balaban J connectivity index is 2.55. The molecule has 0 fully saturated rings. The standard InChI is InChI=1S/C13H13FN2O2/c1-2-18-13(17)11(7-15)9-16-8-10-3-5-12(14)6-4-10/h3-6,9,16H,2,8H2,1H3. The zero-order chi connectivity index (χ0) is 13.4. The Bertz CT molecular complexity index is 475. The zero-order valence-electron chi connectivity index (χ0n) is 9.94. The van der Waals surface area contributed by atoms with Gasteiger partial charge in [0.2, 0.25) is 0 Å². The maximum absolute atomic E-state index is 12.6. The van der Waals surface area contributed by atoms with E-state index in [0.717, 1.165) is 5.56 Å². The summed E-state index contributed by atoms with van der Waals surface area (Å²) in [6.07, 6.45) is 1.29. The van der Waals surface area contributed by atoms with Crippen molar-refractivity contribution in [2.45, 2.75) is 13.5 Å². The molecule has 18 heavy (non-hydrogen) atoms. The molecule has 0 radical (unpaired) electrons. The van der Waals surface area contributed by atoms with Crippen LogP contribution in [0.3, 0.4) is 0 Å². The van der Waals surface area contributed by atoms with Crippen molar-refractivity contribution in [3.63, 3.8) is 0 Å². The van der Waals surface area contributed by atoms with Gasteiger partial charge in [-0.2, -0.15) is 5.26 Å². The molecule has 1 N–H and O–H groups in total. The second kappa shape index (κ2) is 7.07. The minimum Gasteiger partial charge on any atom is -0.462 e. The van der Waals surface area contributed by atoms with E-state index in [-0.39, 0.29) is 18.0 Å². The highest BCUT2D eigenvalue weighted by molar-refractivity contribution is 5.92. The average molecular weight is 248 g/mol. The van der Waals surface area contributed by atoms with Gasteiger partial charge in [-0.1, -0.05) is 12.1 Å². The van der Waals surface area contributed by atoms with Gasteiger partial charge in [-0.05, 0) is 24.6 Å². The molecule has 0 atom stereocenters. The lowest BCUT2D eigenvalue weighted by Gasteiger charge is -2.03. The van der Waals surface area contributed by atoms with Crippen molar-refractivity contribution in [1.82, 2.24) is 5.32 Å². The Labute approximate surface area is 105 Å². The first-order valence-corrected chi connectivity index (χ1v) is 5.42. The second-order valence-electron chi connectivity index (χ2n) is 3.40. The average Bonchev–Trinajstić information content (AvgIpc) is 2.37. The van der Waals surface area contributed by atoms with E-state index in [1.54, 1.807) is 25.1 Å². The maximum Gasteiger partial charge on any atom is 0.350 e. The van der Waals surface area contributed by atoms with Crippen molar-refractivity contribution in [2.75, 3.05) is 6.61 Å². The zero-order valence-corrected chi connectivity index (χ0v) is 9.94. The van der Waals surface area contributed by atoms with E-state index in [1.807, 2.05) is 0 Å². The molecule has 0 aliphatic heterocycles. The van der Waals surface area contributed by atoms with Gasteiger partial charge in [0.15, 0.2) is 5.57 Å². The third kappa shape index (κ3) is 4.26. The van der Waals surface area contributed by atoms with E-state index in [4.69, 9.17) is 10.00 Å². The summed E-state index contributed by atoms with van der Waals surface area (Å²) in [4.78, 5) is 11.3. The van der Waals surface area contributed by atoms with E-state index < -0.39 is 5.97 Å². The van der Waals surface area contributed by atoms with Gasteiger partial charge in [0.1, 0.15) is 11.9 Å². The molecule has 1 aromatic rings. The number of ether oxygens (including phenoxy) is 1. The summed E-state index contributed by atoms with van der Waals surface area (Å²) in [5.41, 5.74) is 0.743. The Morgan fingerprint density at radius 3 is 2.72 bits per heavy atom. The molecule has 0 aromatic heterocycles. The van der Waals surface area contributed by atoms with Crippen LogP contribution in [0, 0.1) is 17.1 Å². The van der Waals surface area contributed by atoms with Crippen molar-refractivity contribution in [1.29, 1.82) is 5.26 Å². The first-order valence-electron chi connectivity index (χ1n) is 5.42. The minimum absolute atomic E-state index is 0.0982. The van der Waals surface area contributed by atoms with E-state index in [2.05, 4.69) is 5.32 Å². The third-order valence-corrected chi connectivity index (χ3v) is 2.08. The highest BCUT2D eigenvalue weighted by Crippen LogP contribution is 2.02. The number of rotatable bonds is 5. The first kappa shape index (κ1) is 13.7. The van der Waals surface area contributed by atoms with Crippen LogP contribution < -0.4 is 5.32 Å². The third-order valence-electron chi connectivity index (χ3n) is 2.08. The molecule has 1 rings (SSSR count). The molecule has 0 saturated heterocycles. The number of esters is 1. The minimum atomic E-state index is -0.661. The van der Waals surface area contributed by atoms with Crippen LogP contribution in [-0.2, 0) is 16.1 Å². The van der Waals surface area contributed by atoms with Crippen molar-refractivity contribution in [2.24, 2.45) is 0 Å². The predicted molar refractivity (Wildman–Crippen MR) is 63.6 cm³/mol. The van der Waals surface area contributed by atoms with Crippen LogP contribution in [0.5, 0.6) is 0 Å². The Morgan fingerprint density at radius 1 is 1.50 bits per heavy atom. The van der Waals surface area contributed by atoms with Gasteiger partial charge in [-0.3, -0.25) is 0 Å². The van der Waals surface area contributed by atoms with Gasteiger partial charge < -0.3 is 10.1 Å². The first-order chi connectivity index (χ1) is 8.67. The fourth-order valence-corrected chi connectivity index (χ4v) is 1.22. The summed E-state index contributed by atoms with van der Waals surface area (Å²) < 4.78 is 17.3. The molecule has 0 heterocycles. The number of benzene rings is 1. The van der Waals surface area contributed by atoms with Crippen LogP contribution in [0.4, 0.5) is 4.39 Å². The van der Waals surface area contributed by atoms with Gasteiger partial charge in [-0.15, -0.1) is 0 Å². The number of nitrogens with one attached hydrogen (secondary N) is 1. The molecular formula is C13H13FN2O2. The summed E-state index contributed by atoms with van der Waals surface area (Å²) in [6.45, 7) is 2.28. The van der Waals surface area contributed by atoms with Crippen molar-refractivity contribution in [3.8, 4) is 6.07 Å². The highest BCUT2D eigenvalue weighted by Gasteiger charge is 2.08. The number of hydrogen-bond donors (Lipinski definition) is 1. The number of carbonyl (C=O) groups excluding carboxylic acids is 1. The molecule has 0 saturated carbocycles. The summed E-state index contributed by atoms with van der Waals surface area (Å²) in [5, 5.41) is 11.6. The molecule has 4 nitrogen and oxygen atoms in total. The molecule has 0 bridgehead atoms. The lowest BCUT2D eigenvalue weighted by atomic mass is 10.2. The van der Waals surface area contributed by atoms with Crippen molar-refractivity contribution < 1.29 is 13.9 Å². The Hall–Kier alpha value is -2.35. The monoisotopic (exact) mass is 248 g/mol. The molecule has 0 amide bonds. The lowest BCUT2D eigenvalue weighted by Crippen LogP contribution is -2.12. The van der Waals surface area contributed by atoms with Crippen molar-refractivity contribution in [3.05, 3.63) is 47.4 Å². The number of halogens is 1. The van der Waals surface area contributed by atoms with Crippen LogP contribution in [0.1, 0.15) is 12.5 Å². The lowest BCUT2D eigenvalue weighted by molar-refractivity contribution is -0.138. The topological polar surface area (TPSA) is 62.1 Å². The van der Waals surface area contributed by atoms with Crippen LogP contribution in [0.25, 0.3) is 0 Å². The summed E-state index contributed by atoms with van der Waals surface area (Å²) in [6, 6.07) is 7.67. The summed E-state index contributed by atoms with van der Waals surface area (Å²) >= 11 is 0. The fraction of sp³-hybridized carbons (Fsp3) is 0.231. The number of nitrogens with zero attached hydrogens (tertiary/aromatic N) is 1. The van der Waals surface area contributed by atoms with Gasteiger partial charge in [0, 0.05) is 12.7 Å². The summed E-state index contributed by atoms with van der Waals surface area (Å²) in [7, 11) is 0. The fourth-order valence-electron chi connectivity index (χ4n) is 1.22. The molecule has 5 heteroatoms. The van der Waals surface area contributed by atoms with Crippen LogP contribution in [0.15, 0.2) is 36.0 Å². The Kier molecular flexibility index (Phi) is 5.39. The van der Waals surface area contributed by atoms with Crippen LogP contribution in [-0.4, -0.2) is 12.6 Å². The van der Waals surface area contributed by atoms with Gasteiger partial charge >= 0.3 is 5.97 Å². The predicted octanol–water partition coefficient (Wildman–Crippen LogP) is 1.89. The summed E-state index contributed by atoms with van der Waals surface area (Å²) in [5.74, 6) is -0.967. The van der Waals surface area contributed by atoms with Crippen LogP contribution >= 0.6 is 0 Å². The molecule has 0 aliphatic rings. The maximum atomic E-state index is 12.6. The quantitative estimate of drug-likeness (QED) is 0.491. The largest absolute Gasteiger partial charge is 0.462 e. The van der Waals surface area contributed by atoms with Gasteiger partial charge in [0.25, 0.3) is 0 Å². The number of nitriles is 1. The molecule has 0 spiro atoms. The van der Waals surface area contributed by atoms with E-state index in [9.17, 15) is 9.18 Å². The molecular weight excluding hydrogens is 235 g/mol. The molecule has 0 aliphatic carbocycles. The number of hydrogen-bond acceptors (Lipinski definition) is 4. The molecule has 0 unspecified atom stereocenters. The smallest absolute Gasteiger partial charge is 0.350 e. The van der Waals surface area contributed by atoms with Crippen LogP contribution in [0.2, 0.25) is 0 Å². The number of carbonyl (C=O) groups is 1. The highest BCUT2D eigenvalue weighted by atomic mass is 19.1.